The monoisotopic (exact) mass is 235 g/mol. The van der Waals surface area contributed by atoms with Gasteiger partial charge in [-0.15, -0.1) is 0 Å². The van der Waals surface area contributed by atoms with Gasteiger partial charge in [-0.25, -0.2) is 18.7 Å². The Hall–Kier alpha value is -2.04. The van der Waals surface area contributed by atoms with Crippen molar-refractivity contribution >= 4 is 5.82 Å². The van der Waals surface area contributed by atoms with Crippen molar-refractivity contribution in [1.29, 1.82) is 0 Å². The van der Waals surface area contributed by atoms with E-state index in [1.165, 1.54) is 6.07 Å². The van der Waals surface area contributed by atoms with E-state index < -0.39 is 11.6 Å². The predicted octanol–water partition coefficient (Wildman–Crippen LogP) is 2.62. The maximum atomic E-state index is 13.5. The first-order valence-electron chi connectivity index (χ1n) is 5.05. The fraction of sp³-hybridized carbons (Fsp3) is 0.167. The van der Waals surface area contributed by atoms with E-state index in [9.17, 15) is 8.78 Å². The van der Waals surface area contributed by atoms with E-state index in [4.69, 9.17) is 5.73 Å². The number of rotatable bonds is 1. The van der Waals surface area contributed by atoms with Gasteiger partial charge in [0.05, 0.1) is 5.56 Å². The van der Waals surface area contributed by atoms with Crippen LogP contribution in [0.4, 0.5) is 14.6 Å². The topological polar surface area (TPSA) is 51.8 Å². The van der Waals surface area contributed by atoms with Crippen LogP contribution < -0.4 is 5.73 Å². The summed E-state index contributed by atoms with van der Waals surface area (Å²) >= 11 is 0. The van der Waals surface area contributed by atoms with Gasteiger partial charge in [-0.3, -0.25) is 0 Å². The first-order valence-corrected chi connectivity index (χ1v) is 5.05. The molecule has 0 bridgehead atoms. The number of aryl methyl sites for hydroxylation is 1. The summed E-state index contributed by atoms with van der Waals surface area (Å²) in [6.07, 6.45) is 0. The van der Waals surface area contributed by atoms with Crippen LogP contribution in [0.3, 0.4) is 0 Å². The van der Waals surface area contributed by atoms with E-state index in [1.807, 2.05) is 0 Å². The number of benzene rings is 1. The Morgan fingerprint density at radius 2 is 1.82 bits per heavy atom. The number of nitrogen functional groups attached to an aromatic ring is 1. The van der Waals surface area contributed by atoms with Crippen molar-refractivity contribution < 1.29 is 8.78 Å². The molecule has 0 saturated heterocycles. The summed E-state index contributed by atoms with van der Waals surface area (Å²) in [7, 11) is 0. The molecule has 88 valence electrons. The van der Waals surface area contributed by atoms with E-state index in [0.29, 0.717) is 11.5 Å². The summed E-state index contributed by atoms with van der Waals surface area (Å²) in [5.41, 5.74) is 7.27. The van der Waals surface area contributed by atoms with Crippen LogP contribution in [0.2, 0.25) is 0 Å². The Morgan fingerprint density at radius 3 is 2.41 bits per heavy atom. The molecule has 0 spiro atoms. The van der Waals surface area contributed by atoms with Crippen LogP contribution in [0, 0.1) is 25.5 Å². The van der Waals surface area contributed by atoms with Crippen molar-refractivity contribution in [3.05, 3.63) is 41.1 Å². The first kappa shape index (κ1) is 11.4. The highest BCUT2D eigenvalue weighted by Crippen LogP contribution is 2.22. The molecule has 2 rings (SSSR count). The van der Waals surface area contributed by atoms with Gasteiger partial charge in [-0.1, -0.05) is 0 Å². The van der Waals surface area contributed by atoms with Crippen LogP contribution >= 0.6 is 0 Å². The minimum atomic E-state index is -0.701. The summed E-state index contributed by atoms with van der Waals surface area (Å²) < 4.78 is 26.3. The lowest BCUT2D eigenvalue weighted by molar-refractivity contribution is 0.585. The molecule has 5 heteroatoms. The number of halogens is 2. The van der Waals surface area contributed by atoms with E-state index in [-0.39, 0.29) is 11.4 Å². The fourth-order valence-electron chi connectivity index (χ4n) is 1.44. The Labute approximate surface area is 97.3 Å². The minimum Gasteiger partial charge on any atom is -0.383 e. The highest BCUT2D eigenvalue weighted by atomic mass is 19.1. The number of nitrogens with two attached hydrogens (primary N) is 1. The molecule has 17 heavy (non-hydrogen) atoms. The highest BCUT2D eigenvalue weighted by molar-refractivity contribution is 5.59. The standard InChI is InChI=1S/C12H11F2N3/c1-6-7(2)16-12(17-11(6)15)9-4-3-8(13)5-10(9)14/h3-5H,1-2H3,(H2,15,16,17). The molecule has 3 nitrogen and oxygen atoms in total. The van der Waals surface area contributed by atoms with Gasteiger partial charge in [0, 0.05) is 17.3 Å². The largest absolute Gasteiger partial charge is 0.383 e. The number of nitrogens with zero attached hydrogens (tertiary/aromatic N) is 2. The van der Waals surface area contributed by atoms with Crippen LogP contribution in [-0.4, -0.2) is 9.97 Å². The summed E-state index contributed by atoms with van der Waals surface area (Å²) in [6.45, 7) is 3.55. The summed E-state index contributed by atoms with van der Waals surface area (Å²) in [4.78, 5) is 8.14. The molecular formula is C12H11F2N3. The van der Waals surface area contributed by atoms with Crippen molar-refractivity contribution in [3.8, 4) is 11.4 Å². The molecule has 0 radical (unpaired) electrons. The molecule has 0 fully saturated rings. The van der Waals surface area contributed by atoms with Gasteiger partial charge in [-0.05, 0) is 26.0 Å². The zero-order valence-corrected chi connectivity index (χ0v) is 9.46. The third-order valence-electron chi connectivity index (χ3n) is 2.60. The molecule has 1 heterocycles. The molecule has 0 amide bonds. The second kappa shape index (κ2) is 4.08. The molecule has 2 aromatic rings. The van der Waals surface area contributed by atoms with Crippen LogP contribution in [0.1, 0.15) is 11.3 Å². The SMILES string of the molecule is Cc1nc(-c2ccc(F)cc2F)nc(N)c1C. The molecule has 1 aromatic heterocycles. The summed E-state index contributed by atoms with van der Waals surface area (Å²) in [5, 5.41) is 0. The third kappa shape index (κ3) is 2.08. The second-order valence-electron chi connectivity index (χ2n) is 3.77. The average Bonchev–Trinajstić information content (AvgIpc) is 2.25. The maximum absolute atomic E-state index is 13.5. The van der Waals surface area contributed by atoms with Crippen LogP contribution in [0.15, 0.2) is 18.2 Å². The smallest absolute Gasteiger partial charge is 0.164 e. The zero-order valence-electron chi connectivity index (χ0n) is 9.46. The van der Waals surface area contributed by atoms with Gasteiger partial charge in [0.15, 0.2) is 5.82 Å². The molecular weight excluding hydrogens is 224 g/mol. The Morgan fingerprint density at radius 1 is 1.12 bits per heavy atom. The normalized spacial score (nSPS) is 10.6. The Bertz CT molecular complexity index is 559. The molecule has 0 atom stereocenters. The molecule has 0 aliphatic carbocycles. The number of hydrogen-bond acceptors (Lipinski definition) is 3. The number of hydrogen-bond donors (Lipinski definition) is 1. The molecule has 2 N–H and O–H groups in total. The molecule has 0 aliphatic heterocycles. The highest BCUT2D eigenvalue weighted by Gasteiger charge is 2.12. The van der Waals surface area contributed by atoms with Gasteiger partial charge in [-0.2, -0.15) is 0 Å². The lowest BCUT2D eigenvalue weighted by atomic mass is 10.1. The van der Waals surface area contributed by atoms with Crippen molar-refractivity contribution in [2.45, 2.75) is 13.8 Å². The van der Waals surface area contributed by atoms with Crippen LogP contribution in [0.25, 0.3) is 11.4 Å². The average molecular weight is 235 g/mol. The lowest BCUT2D eigenvalue weighted by Crippen LogP contribution is -2.03. The number of anilines is 1. The number of aromatic nitrogens is 2. The molecule has 0 aliphatic rings. The van der Waals surface area contributed by atoms with E-state index in [1.54, 1.807) is 13.8 Å². The van der Waals surface area contributed by atoms with Gasteiger partial charge in [0.2, 0.25) is 0 Å². The molecule has 0 unspecified atom stereocenters. The molecule has 0 saturated carbocycles. The van der Waals surface area contributed by atoms with Gasteiger partial charge in [0.25, 0.3) is 0 Å². The summed E-state index contributed by atoms with van der Waals surface area (Å²) in [6, 6.07) is 3.26. The van der Waals surface area contributed by atoms with E-state index >= 15 is 0 Å². The second-order valence-corrected chi connectivity index (χ2v) is 3.77. The Kier molecular flexibility index (Phi) is 2.75. The van der Waals surface area contributed by atoms with E-state index in [2.05, 4.69) is 9.97 Å². The third-order valence-corrected chi connectivity index (χ3v) is 2.60. The van der Waals surface area contributed by atoms with Gasteiger partial charge < -0.3 is 5.73 Å². The van der Waals surface area contributed by atoms with Gasteiger partial charge in [0.1, 0.15) is 17.5 Å². The van der Waals surface area contributed by atoms with Crippen molar-refractivity contribution in [1.82, 2.24) is 9.97 Å². The summed E-state index contributed by atoms with van der Waals surface area (Å²) in [5.74, 6) is -0.866. The van der Waals surface area contributed by atoms with Crippen LogP contribution in [-0.2, 0) is 0 Å². The van der Waals surface area contributed by atoms with Crippen molar-refractivity contribution in [2.24, 2.45) is 0 Å². The quantitative estimate of drug-likeness (QED) is 0.826. The Balaban J connectivity index is 2.61. The first-order chi connectivity index (χ1) is 7.99. The lowest BCUT2D eigenvalue weighted by Gasteiger charge is -2.07. The predicted molar refractivity (Wildman–Crippen MR) is 61.3 cm³/mol. The zero-order chi connectivity index (χ0) is 12.6. The van der Waals surface area contributed by atoms with Crippen LogP contribution in [0.5, 0.6) is 0 Å². The minimum absolute atomic E-state index is 0.140. The van der Waals surface area contributed by atoms with E-state index in [0.717, 1.165) is 17.7 Å². The van der Waals surface area contributed by atoms with Crippen molar-refractivity contribution in [2.75, 3.05) is 5.73 Å². The maximum Gasteiger partial charge on any atom is 0.164 e. The fourth-order valence-corrected chi connectivity index (χ4v) is 1.44. The van der Waals surface area contributed by atoms with Crippen molar-refractivity contribution in [3.63, 3.8) is 0 Å². The molecule has 1 aromatic carbocycles. The van der Waals surface area contributed by atoms with Gasteiger partial charge >= 0.3 is 0 Å².